The van der Waals surface area contributed by atoms with Crippen LogP contribution in [0.4, 0.5) is 10.1 Å². The number of carbonyl (C=O) groups is 1. The Bertz CT molecular complexity index is 1220. The highest BCUT2D eigenvalue weighted by Gasteiger charge is 2.28. The summed E-state index contributed by atoms with van der Waals surface area (Å²) in [5, 5.41) is 2.59. The fraction of sp³-hybridized carbons (Fsp3) is 0.136. The zero-order chi connectivity index (χ0) is 23.3. The number of amides is 1. The number of rotatable bonds is 8. The van der Waals surface area contributed by atoms with Crippen LogP contribution in [0, 0.1) is 5.82 Å². The van der Waals surface area contributed by atoms with Gasteiger partial charge >= 0.3 is 0 Å². The maximum Gasteiger partial charge on any atom is 0.245 e. The number of benzene rings is 3. The number of methoxy groups -OCH3 is 1. The summed E-state index contributed by atoms with van der Waals surface area (Å²) >= 11 is 11.8. The Hall–Kier alpha value is -2.65. The first-order valence-corrected chi connectivity index (χ1v) is 11.6. The van der Waals surface area contributed by atoms with Gasteiger partial charge in [-0.1, -0.05) is 53.5 Å². The summed E-state index contributed by atoms with van der Waals surface area (Å²) in [6.07, 6.45) is 0.0592. The summed E-state index contributed by atoms with van der Waals surface area (Å²) in [4.78, 5) is 12.8. The van der Waals surface area contributed by atoms with E-state index in [2.05, 4.69) is 10.0 Å². The van der Waals surface area contributed by atoms with E-state index >= 15 is 0 Å². The standard InChI is InChI=1S/C22H19Cl2FN2O4S/c1-31-20-10-7-15(23)12-21(20)32(29,30)27-19(11-14-5-3-2-4-6-14)22(28)26-16-8-9-18(25)17(24)13-16/h2-10,12-13,19,27H,11H2,1H3,(H,26,28)/t19-/m0/s1. The van der Waals surface area contributed by atoms with Crippen molar-refractivity contribution in [2.24, 2.45) is 0 Å². The molecule has 0 unspecified atom stereocenters. The molecule has 0 heterocycles. The van der Waals surface area contributed by atoms with E-state index in [-0.39, 0.29) is 32.8 Å². The number of carbonyl (C=O) groups excluding carboxylic acids is 1. The highest BCUT2D eigenvalue weighted by Crippen LogP contribution is 2.27. The van der Waals surface area contributed by atoms with Crippen LogP contribution in [0.1, 0.15) is 5.56 Å². The molecular formula is C22H19Cl2FN2O4S. The fourth-order valence-corrected chi connectivity index (χ4v) is 4.76. The summed E-state index contributed by atoms with van der Waals surface area (Å²) < 4.78 is 47.2. The fourth-order valence-electron chi connectivity index (χ4n) is 2.95. The van der Waals surface area contributed by atoms with E-state index in [1.54, 1.807) is 30.3 Å². The van der Waals surface area contributed by atoms with E-state index in [4.69, 9.17) is 27.9 Å². The number of anilines is 1. The largest absolute Gasteiger partial charge is 0.495 e. The van der Waals surface area contributed by atoms with Crippen LogP contribution >= 0.6 is 23.2 Å². The molecule has 10 heteroatoms. The molecular weight excluding hydrogens is 478 g/mol. The number of sulfonamides is 1. The Kier molecular flexibility index (Phi) is 7.73. The summed E-state index contributed by atoms with van der Waals surface area (Å²) in [6.45, 7) is 0. The van der Waals surface area contributed by atoms with Gasteiger partial charge in [-0.15, -0.1) is 0 Å². The maximum absolute atomic E-state index is 13.4. The van der Waals surface area contributed by atoms with Crippen molar-refractivity contribution in [2.75, 3.05) is 12.4 Å². The van der Waals surface area contributed by atoms with Gasteiger partial charge in [0.15, 0.2) is 0 Å². The lowest BCUT2D eigenvalue weighted by Gasteiger charge is -2.20. The third-order valence-corrected chi connectivity index (χ3v) is 6.52. The lowest BCUT2D eigenvalue weighted by Crippen LogP contribution is -2.45. The van der Waals surface area contributed by atoms with Gasteiger partial charge < -0.3 is 10.1 Å². The van der Waals surface area contributed by atoms with Crippen LogP contribution in [0.2, 0.25) is 10.0 Å². The van der Waals surface area contributed by atoms with Gasteiger partial charge in [0.05, 0.1) is 12.1 Å². The van der Waals surface area contributed by atoms with Gasteiger partial charge in [-0.3, -0.25) is 4.79 Å². The Morgan fingerprint density at radius 2 is 1.78 bits per heavy atom. The minimum Gasteiger partial charge on any atom is -0.495 e. The van der Waals surface area contributed by atoms with Crippen molar-refractivity contribution in [3.05, 3.63) is 88.2 Å². The number of hydrogen-bond acceptors (Lipinski definition) is 4. The molecule has 0 radical (unpaired) electrons. The highest BCUT2D eigenvalue weighted by molar-refractivity contribution is 7.89. The van der Waals surface area contributed by atoms with Gasteiger partial charge in [0.25, 0.3) is 0 Å². The summed E-state index contributed by atoms with van der Waals surface area (Å²) in [7, 11) is -2.88. The molecule has 0 aliphatic heterocycles. The number of hydrogen-bond donors (Lipinski definition) is 2. The molecule has 0 saturated heterocycles. The van der Waals surface area contributed by atoms with E-state index in [9.17, 15) is 17.6 Å². The van der Waals surface area contributed by atoms with Crippen molar-refractivity contribution in [3.63, 3.8) is 0 Å². The molecule has 0 fully saturated rings. The summed E-state index contributed by atoms with van der Waals surface area (Å²) in [6, 6.07) is 15.5. The van der Waals surface area contributed by atoms with Crippen molar-refractivity contribution >= 4 is 44.8 Å². The maximum atomic E-state index is 13.4. The van der Waals surface area contributed by atoms with E-state index in [0.717, 1.165) is 11.6 Å². The normalized spacial score (nSPS) is 12.2. The van der Waals surface area contributed by atoms with Gasteiger partial charge in [-0.05, 0) is 48.4 Å². The molecule has 3 aromatic rings. The van der Waals surface area contributed by atoms with Crippen molar-refractivity contribution in [1.29, 1.82) is 0 Å². The number of halogens is 3. The van der Waals surface area contributed by atoms with Crippen LogP contribution in [0.5, 0.6) is 5.75 Å². The quantitative estimate of drug-likeness (QED) is 0.474. The molecule has 0 saturated carbocycles. The second-order valence-electron chi connectivity index (χ2n) is 6.78. The number of ether oxygens (including phenoxy) is 1. The topological polar surface area (TPSA) is 84.5 Å². The average Bonchev–Trinajstić information content (AvgIpc) is 2.76. The van der Waals surface area contributed by atoms with E-state index in [0.29, 0.717) is 0 Å². The van der Waals surface area contributed by atoms with Crippen LogP contribution in [-0.2, 0) is 21.2 Å². The van der Waals surface area contributed by atoms with Crippen LogP contribution in [0.3, 0.4) is 0 Å². The van der Waals surface area contributed by atoms with Crippen LogP contribution in [0.15, 0.2) is 71.6 Å². The van der Waals surface area contributed by atoms with Crippen LogP contribution in [0.25, 0.3) is 0 Å². The van der Waals surface area contributed by atoms with Crippen molar-refractivity contribution in [3.8, 4) is 5.75 Å². The smallest absolute Gasteiger partial charge is 0.245 e. The monoisotopic (exact) mass is 496 g/mol. The van der Waals surface area contributed by atoms with Crippen molar-refractivity contribution < 1.29 is 22.3 Å². The van der Waals surface area contributed by atoms with Gasteiger partial charge in [0.2, 0.25) is 15.9 Å². The Labute approximate surface area is 195 Å². The molecule has 0 aromatic heterocycles. The molecule has 1 atom stereocenters. The second kappa shape index (κ2) is 10.3. The molecule has 32 heavy (non-hydrogen) atoms. The summed E-state index contributed by atoms with van der Waals surface area (Å²) in [5.74, 6) is -1.22. The molecule has 0 aliphatic carbocycles. The predicted octanol–water partition coefficient (Wildman–Crippen LogP) is 4.67. The zero-order valence-electron chi connectivity index (χ0n) is 16.8. The van der Waals surface area contributed by atoms with Gasteiger partial charge in [0, 0.05) is 10.7 Å². The third-order valence-electron chi connectivity index (χ3n) is 4.50. The second-order valence-corrected chi connectivity index (χ2v) is 9.30. The van der Waals surface area contributed by atoms with Crippen LogP contribution in [-0.4, -0.2) is 27.5 Å². The van der Waals surface area contributed by atoms with Crippen molar-refractivity contribution in [2.45, 2.75) is 17.4 Å². The molecule has 6 nitrogen and oxygen atoms in total. The molecule has 3 rings (SSSR count). The molecule has 1 amide bonds. The lowest BCUT2D eigenvalue weighted by molar-refractivity contribution is -0.117. The SMILES string of the molecule is COc1ccc(Cl)cc1S(=O)(=O)N[C@@H](Cc1ccccc1)C(=O)Nc1ccc(F)c(Cl)c1. The lowest BCUT2D eigenvalue weighted by atomic mass is 10.1. The molecule has 2 N–H and O–H groups in total. The molecule has 0 bridgehead atoms. The van der Waals surface area contributed by atoms with E-state index < -0.39 is 27.8 Å². The Morgan fingerprint density at radius 1 is 1.06 bits per heavy atom. The van der Waals surface area contributed by atoms with Crippen molar-refractivity contribution in [1.82, 2.24) is 4.72 Å². The Morgan fingerprint density at radius 3 is 2.44 bits per heavy atom. The van der Waals surface area contributed by atoms with Gasteiger partial charge in [-0.2, -0.15) is 4.72 Å². The first-order valence-electron chi connectivity index (χ1n) is 9.35. The summed E-state index contributed by atoms with van der Waals surface area (Å²) in [5.41, 5.74) is 0.949. The molecule has 168 valence electrons. The number of nitrogens with one attached hydrogen (secondary N) is 2. The van der Waals surface area contributed by atoms with Gasteiger partial charge in [-0.25, -0.2) is 12.8 Å². The average molecular weight is 497 g/mol. The molecule has 0 spiro atoms. The Balaban J connectivity index is 1.92. The van der Waals surface area contributed by atoms with Crippen LogP contribution < -0.4 is 14.8 Å². The first kappa shape index (κ1) is 24.0. The highest BCUT2D eigenvalue weighted by atomic mass is 35.5. The molecule has 0 aliphatic rings. The minimum atomic E-state index is -4.20. The predicted molar refractivity (Wildman–Crippen MR) is 122 cm³/mol. The molecule has 3 aromatic carbocycles. The van der Waals surface area contributed by atoms with Gasteiger partial charge in [0.1, 0.15) is 22.5 Å². The first-order chi connectivity index (χ1) is 15.2. The third kappa shape index (κ3) is 5.98. The van der Waals surface area contributed by atoms with E-state index in [1.807, 2.05) is 0 Å². The van der Waals surface area contributed by atoms with E-state index in [1.165, 1.54) is 37.4 Å². The minimum absolute atomic E-state index is 0.0592. The zero-order valence-corrected chi connectivity index (χ0v) is 19.1.